The van der Waals surface area contributed by atoms with E-state index >= 15 is 0 Å². The van der Waals surface area contributed by atoms with E-state index in [-0.39, 0.29) is 0 Å². The van der Waals surface area contributed by atoms with Crippen LogP contribution in [0.2, 0.25) is 0 Å². The maximum atomic E-state index is 5.77. The molecule has 2 rings (SSSR count). The van der Waals surface area contributed by atoms with Crippen LogP contribution < -0.4 is 5.32 Å². The Morgan fingerprint density at radius 1 is 1.12 bits per heavy atom. The Morgan fingerprint density at radius 2 is 1.88 bits per heavy atom. The third kappa shape index (κ3) is 3.72. The molecular formula is C13H26N2O. The van der Waals surface area contributed by atoms with Crippen molar-refractivity contribution in [3.63, 3.8) is 0 Å². The van der Waals surface area contributed by atoms with Crippen LogP contribution in [0.4, 0.5) is 0 Å². The van der Waals surface area contributed by atoms with Crippen molar-refractivity contribution >= 4 is 0 Å². The topological polar surface area (TPSA) is 24.5 Å². The van der Waals surface area contributed by atoms with Gasteiger partial charge in [-0.05, 0) is 33.2 Å². The lowest BCUT2D eigenvalue weighted by molar-refractivity contribution is -0.0699. The molecule has 0 aromatic rings. The summed E-state index contributed by atoms with van der Waals surface area (Å²) in [6, 6.07) is 0.708. The van der Waals surface area contributed by atoms with Gasteiger partial charge in [-0.1, -0.05) is 12.8 Å². The number of nitrogens with zero attached hydrogens (tertiary/aromatic N) is 1. The van der Waals surface area contributed by atoms with E-state index in [1.165, 1.54) is 38.8 Å². The summed E-state index contributed by atoms with van der Waals surface area (Å²) in [7, 11) is 0. The molecule has 3 heteroatoms. The predicted molar refractivity (Wildman–Crippen MR) is 66.7 cm³/mol. The number of ether oxygens (including phenoxy) is 1. The Bertz CT molecular complexity index is 192. The highest BCUT2D eigenvalue weighted by molar-refractivity contribution is 4.79. The van der Waals surface area contributed by atoms with Gasteiger partial charge >= 0.3 is 0 Å². The molecular weight excluding hydrogens is 200 g/mol. The van der Waals surface area contributed by atoms with E-state index < -0.39 is 0 Å². The van der Waals surface area contributed by atoms with Crippen LogP contribution in [-0.4, -0.2) is 49.3 Å². The van der Waals surface area contributed by atoms with E-state index in [0.29, 0.717) is 18.2 Å². The highest BCUT2D eigenvalue weighted by atomic mass is 16.5. The van der Waals surface area contributed by atoms with Crippen LogP contribution in [0.25, 0.3) is 0 Å². The second-order valence-electron chi connectivity index (χ2n) is 5.48. The van der Waals surface area contributed by atoms with Crippen molar-refractivity contribution in [2.45, 2.75) is 57.8 Å². The molecule has 0 aromatic heterocycles. The molecule has 0 saturated carbocycles. The lowest BCUT2D eigenvalue weighted by Gasteiger charge is -2.37. The number of hydrogen-bond donors (Lipinski definition) is 1. The second kappa shape index (κ2) is 5.99. The fraction of sp³-hybridized carbons (Fsp3) is 1.00. The molecule has 1 N–H and O–H groups in total. The summed E-state index contributed by atoms with van der Waals surface area (Å²) in [5, 5.41) is 3.68. The molecule has 0 unspecified atom stereocenters. The van der Waals surface area contributed by atoms with Crippen molar-refractivity contribution in [3.8, 4) is 0 Å². The van der Waals surface area contributed by atoms with Gasteiger partial charge in [0.2, 0.25) is 0 Å². The Kier molecular flexibility index (Phi) is 4.62. The third-order valence-corrected chi connectivity index (χ3v) is 3.64. The van der Waals surface area contributed by atoms with E-state index in [9.17, 15) is 0 Å². The molecule has 16 heavy (non-hydrogen) atoms. The van der Waals surface area contributed by atoms with Gasteiger partial charge < -0.3 is 10.1 Å². The molecule has 94 valence electrons. The third-order valence-electron chi connectivity index (χ3n) is 3.64. The number of hydrogen-bond acceptors (Lipinski definition) is 3. The average molecular weight is 226 g/mol. The molecule has 2 fully saturated rings. The van der Waals surface area contributed by atoms with Crippen molar-refractivity contribution in [3.05, 3.63) is 0 Å². The highest BCUT2D eigenvalue weighted by Crippen LogP contribution is 2.14. The van der Waals surface area contributed by atoms with Crippen LogP contribution in [-0.2, 0) is 4.74 Å². The lowest BCUT2D eigenvalue weighted by atomic mass is 10.1. The summed E-state index contributed by atoms with van der Waals surface area (Å²) in [5.41, 5.74) is 0. The molecule has 3 atom stereocenters. The van der Waals surface area contributed by atoms with Crippen molar-refractivity contribution in [2.24, 2.45) is 0 Å². The first-order valence-electron chi connectivity index (χ1n) is 6.85. The molecule has 0 amide bonds. The quantitative estimate of drug-likeness (QED) is 0.774. The molecule has 2 saturated heterocycles. The fourth-order valence-electron chi connectivity index (χ4n) is 3.00. The van der Waals surface area contributed by atoms with Crippen molar-refractivity contribution in [2.75, 3.05) is 26.2 Å². The fourth-order valence-corrected chi connectivity index (χ4v) is 3.00. The second-order valence-corrected chi connectivity index (χ2v) is 5.48. The van der Waals surface area contributed by atoms with E-state index in [0.717, 1.165) is 13.1 Å². The van der Waals surface area contributed by atoms with E-state index in [1.54, 1.807) is 0 Å². The van der Waals surface area contributed by atoms with Gasteiger partial charge in [-0.25, -0.2) is 0 Å². The summed E-state index contributed by atoms with van der Waals surface area (Å²) in [5.74, 6) is 0. The Morgan fingerprint density at radius 3 is 2.62 bits per heavy atom. The molecule has 2 aliphatic heterocycles. The van der Waals surface area contributed by atoms with Crippen LogP contribution >= 0.6 is 0 Å². The van der Waals surface area contributed by atoms with E-state index in [2.05, 4.69) is 24.1 Å². The maximum Gasteiger partial charge on any atom is 0.0678 e. The van der Waals surface area contributed by atoms with Gasteiger partial charge in [-0.2, -0.15) is 0 Å². The average Bonchev–Trinajstić information content (AvgIpc) is 2.44. The normalized spacial score (nSPS) is 38.2. The van der Waals surface area contributed by atoms with E-state index in [4.69, 9.17) is 4.74 Å². The summed E-state index contributed by atoms with van der Waals surface area (Å²) in [6.07, 6.45) is 6.29. The molecule has 0 aliphatic carbocycles. The monoisotopic (exact) mass is 226 g/mol. The minimum Gasteiger partial charge on any atom is -0.373 e. The molecule has 0 aromatic carbocycles. The molecule has 3 nitrogen and oxygen atoms in total. The van der Waals surface area contributed by atoms with Gasteiger partial charge in [-0.3, -0.25) is 4.90 Å². The van der Waals surface area contributed by atoms with Gasteiger partial charge in [0.15, 0.2) is 0 Å². The first-order valence-corrected chi connectivity index (χ1v) is 6.85. The van der Waals surface area contributed by atoms with Gasteiger partial charge in [0.05, 0.1) is 12.2 Å². The van der Waals surface area contributed by atoms with Crippen molar-refractivity contribution in [1.82, 2.24) is 10.2 Å². The van der Waals surface area contributed by atoms with Crippen LogP contribution in [0, 0.1) is 0 Å². The zero-order chi connectivity index (χ0) is 11.4. The Labute approximate surface area is 99.5 Å². The van der Waals surface area contributed by atoms with Gasteiger partial charge in [0.25, 0.3) is 0 Å². The van der Waals surface area contributed by atoms with Crippen LogP contribution in [0.15, 0.2) is 0 Å². The molecule has 0 radical (unpaired) electrons. The minimum absolute atomic E-state index is 0.398. The maximum absolute atomic E-state index is 5.77. The Hall–Kier alpha value is -0.120. The summed E-state index contributed by atoms with van der Waals surface area (Å²) >= 11 is 0. The SMILES string of the molecule is C[C@@H]1CN(C[C@@H]2CCCCCN2)C[C@H](C)O1. The first kappa shape index (κ1) is 12.3. The molecule has 2 aliphatic rings. The lowest BCUT2D eigenvalue weighted by Crippen LogP contribution is -2.50. The van der Waals surface area contributed by atoms with E-state index in [1.807, 2.05) is 0 Å². The van der Waals surface area contributed by atoms with Crippen molar-refractivity contribution in [1.29, 1.82) is 0 Å². The summed E-state index contributed by atoms with van der Waals surface area (Å²) < 4.78 is 5.77. The molecule has 0 spiro atoms. The zero-order valence-corrected chi connectivity index (χ0v) is 10.7. The standard InChI is InChI=1S/C13H26N2O/c1-11-8-15(9-12(2)16-11)10-13-6-4-3-5-7-14-13/h11-14H,3-10H2,1-2H3/t11-,12+,13-/m0/s1. The largest absolute Gasteiger partial charge is 0.373 e. The highest BCUT2D eigenvalue weighted by Gasteiger charge is 2.24. The van der Waals surface area contributed by atoms with Crippen LogP contribution in [0.5, 0.6) is 0 Å². The minimum atomic E-state index is 0.398. The first-order chi connectivity index (χ1) is 7.74. The van der Waals surface area contributed by atoms with Crippen LogP contribution in [0.1, 0.15) is 39.5 Å². The molecule has 0 bridgehead atoms. The summed E-state index contributed by atoms with van der Waals surface area (Å²) in [4.78, 5) is 2.57. The van der Waals surface area contributed by atoms with Gasteiger partial charge in [0.1, 0.15) is 0 Å². The molecule has 2 heterocycles. The summed E-state index contributed by atoms with van der Waals surface area (Å²) in [6.45, 7) is 8.98. The number of nitrogens with one attached hydrogen (secondary N) is 1. The van der Waals surface area contributed by atoms with Crippen molar-refractivity contribution < 1.29 is 4.74 Å². The predicted octanol–water partition coefficient (Wildman–Crippen LogP) is 1.63. The zero-order valence-electron chi connectivity index (χ0n) is 10.7. The Balaban J connectivity index is 1.78. The van der Waals surface area contributed by atoms with Crippen LogP contribution in [0.3, 0.4) is 0 Å². The number of morpholine rings is 1. The smallest absolute Gasteiger partial charge is 0.0678 e. The van der Waals surface area contributed by atoms with Gasteiger partial charge in [0, 0.05) is 25.7 Å². The van der Waals surface area contributed by atoms with Gasteiger partial charge in [-0.15, -0.1) is 0 Å². The number of rotatable bonds is 2.